The van der Waals surface area contributed by atoms with Crippen molar-refractivity contribution in [1.29, 1.82) is 0 Å². The molecular formula is C12H15FN2O3. The first-order chi connectivity index (χ1) is 8.40. The molecule has 0 bridgehead atoms. The van der Waals surface area contributed by atoms with Crippen molar-refractivity contribution in [3.63, 3.8) is 0 Å². The second-order valence-corrected chi connectivity index (χ2v) is 4.08. The number of carbonyl (C=O) groups is 2. The number of hydrogen-bond acceptors (Lipinski definition) is 3. The van der Waals surface area contributed by atoms with Gasteiger partial charge in [-0.2, -0.15) is 0 Å². The van der Waals surface area contributed by atoms with Gasteiger partial charge in [-0.1, -0.05) is 13.8 Å². The summed E-state index contributed by atoms with van der Waals surface area (Å²) in [5, 5.41) is 14.0. The van der Waals surface area contributed by atoms with Gasteiger partial charge < -0.3 is 15.7 Å². The standard InChI is InChI=1S/C12H15FN2O3/c1-7(2)14-6-11(16)15-10-5-8(12(17)18)3-4-9(10)13/h3-5,7,14H,6H2,1-2H3,(H,15,16)(H,17,18). The lowest BCUT2D eigenvalue weighted by Gasteiger charge is -2.10. The zero-order valence-corrected chi connectivity index (χ0v) is 10.2. The number of carbonyl (C=O) groups excluding carboxylic acids is 1. The van der Waals surface area contributed by atoms with Crippen LogP contribution < -0.4 is 10.6 Å². The third-order valence-electron chi connectivity index (χ3n) is 2.16. The van der Waals surface area contributed by atoms with E-state index < -0.39 is 17.7 Å². The highest BCUT2D eigenvalue weighted by Crippen LogP contribution is 2.16. The van der Waals surface area contributed by atoms with Crippen molar-refractivity contribution in [3.8, 4) is 0 Å². The fourth-order valence-corrected chi connectivity index (χ4v) is 1.25. The van der Waals surface area contributed by atoms with Crippen LogP contribution in [0.4, 0.5) is 10.1 Å². The van der Waals surface area contributed by atoms with Crippen LogP contribution in [0.2, 0.25) is 0 Å². The molecule has 0 aliphatic rings. The molecule has 18 heavy (non-hydrogen) atoms. The maximum Gasteiger partial charge on any atom is 0.335 e. The maximum atomic E-state index is 13.4. The number of benzene rings is 1. The second-order valence-electron chi connectivity index (χ2n) is 4.08. The molecule has 0 heterocycles. The average molecular weight is 254 g/mol. The molecule has 3 N–H and O–H groups in total. The molecule has 0 saturated carbocycles. The van der Waals surface area contributed by atoms with Crippen LogP contribution in [0.15, 0.2) is 18.2 Å². The molecule has 0 aromatic heterocycles. The van der Waals surface area contributed by atoms with E-state index in [0.29, 0.717) is 0 Å². The van der Waals surface area contributed by atoms with Crippen molar-refractivity contribution < 1.29 is 19.1 Å². The van der Waals surface area contributed by atoms with Crippen LogP contribution in [-0.2, 0) is 4.79 Å². The minimum atomic E-state index is -1.18. The molecule has 98 valence electrons. The summed E-state index contributed by atoms with van der Waals surface area (Å²) in [7, 11) is 0. The van der Waals surface area contributed by atoms with Crippen LogP contribution in [0.3, 0.4) is 0 Å². The van der Waals surface area contributed by atoms with Gasteiger partial charge in [0.2, 0.25) is 5.91 Å². The highest BCUT2D eigenvalue weighted by Gasteiger charge is 2.11. The zero-order valence-electron chi connectivity index (χ0n) is 10.2. The van der Waals surface area contributed by atoms with Gasteiger partial charge in [0.1, 0.15) is 5.82 Å². The molecule has 0 atom stereocenters. The number of anilines is 1. The van der Waals surface area contributed by atoms with Gasteiger partial charge >= 0.3 is 5.97 Å². The van der Waals surface area contributed by atoms with E-state index in [-0.39, 0.29) is 23.8 Å². The Balaban J connectivity index is 2.74. The highest BCUT2D eigenvalue weighted by atomic mass is 19.1. The predicted molar refractivity (Wildman–Crippen MR) is 65.1 cm³/mol. The van der Waals surface area contributed by atoms with Crippen LogP contribution in [0.25, 0.3) is 0 Å². The first-order valence-corrected chi connectivity index (χ1v) is 5.46. The van der Waals surface area contributed by atoms with Crippen LogP contribution in [0.5, 0.6) is 0 Å². The molecule has 0 aliphatic carbocycles. The summed E-state index contributed by atoms with van der Waals surface area (Å²) >= 11 is 0. The normalized spacial score (nSPS) is 10.4. The van der Waals surface area contributed by atoms with E-state index in [4.69, 9.17) is 5.11 Å². The number of halogens is 1. The number of hydrogen-bond donors (Lipinski definition) is 3. The second kappa shape index (κ2) is 6.11. The molecule has 1 amide bonds. The Morgan fingerprint density at radius 1 is 1.39 bits per heavy atom. The van der Waals surface area contributed by atoms with E-state index in [2.05, 4.69) is 10.6 Å². The van der Waals surface area contributed by atoms with Gasteiger partial charge in [-0.3, -0.25) is 4.79 Å². The number of amides is 1. The van der Waals surface area contributed by atoms with Crippen LogP contribution in [-0.4, -0.2) is 29.6 Å². The lowest BCUT2D eigenvalue weighted by molar-refractivity contribution is -0.115. The molecule has 5 nitrogen and oxygen atoms in total. The molecule has 0 spiro atoms. The Kier molecular flexibility index (Phi) is 4.79. The number of carboxylic acids is 1. The van der Waals surface area contributed by atoms with Crippen molar-refractivity contribution in [2.45, 2.75) is 19.9 Å². The Labute approximate surface area is 104 Å². The molecule has 0 radical (unpaired) electrons. The highest BCUT2D eigenvalue weighted by molar-refractivity contribution is 5.94. The lowest BCUT2D eigenvalue weighted by atomic mass is 10.2. The maximum absolute atomic E-state index is 13.4. The Morgan fingerprint density at radius 3 is 2.61 bits per heavy atom. The van der Waals surface area contributed by atoms with Crippen molar-refractivity contribution in [1.82, 2.24) is 5.32 Å². The van der Waals surface area contributed by atoms with Gasteiger partial charge in [0.25, 0.3) is 0 Å². The summed E-state index contributed by atoms with van der Waals surface area (Å²) in [6.45, 7) is 3.78. The smallest absolute Gasteiger partial charge is 0.335 e. The van der Waals surface area contributed by atoms with Gasteiger partial charge in [0, 0.05) is 6.04 Å². The molecule has 0 aliphatic heterocycles. The molecule has 0 saturated heterocycles. The Hall–Kier alpha value is -1.95. The van der Waals surface area contributed by atoms with E-state index in [1.165, 1.54) is 0 Å². The van der Waals surface area contributed by atoms with E-state index in [9.17, 15) is 14.0 Å². The molecule has 1 rings (SSSR count). The summed E-state index contributed by atoms with van der Waals surface area (Å²) < 4.78 is 13.4. The van der Waals surface area contributed by atoms with Crippen LogP contribution in [0.1, 0.15) is 24.2 Å². The number of nitrogens with one attached hydrogen (secondary N) is 2. The largest absolute Gasteiger partial charge is 0.478 e. The van der Waals surface area contributed by atoms with E-state index in [1.807, 2.05) is 13.8 Å². The minimum Gasteiger partial charge on any atom is -0.478 e. The first-order valence-electron chi connectivity index (χ1n) is 5.46. The van der Waals surface area contributed by atoms with Gasteiger partial charge in [-0.15, -0.1) is 0 Å². The number of rotatable bonds is 5. The van der Waals surface area contributed by atoms with Crippen molar-refractivity contribution in [2.24, 2.45) is 0 Å². The molecular weight excluding hydrogens is 239 g/mol. The number of carboxylic acid groups (broad SMARTS) is 1. The molecule has 1 aromatic carbocycles. The Bertz CT molecular complexity index is 461. The Morgan fingerprint density at radius 2 is 2.06 bits per heavy atom. The van der Waals surface area contributed by atoms with Crippen molar-refractivity contribution in [2.75, 3.05) is 11.9 Å². The predicted octanol–water partition coefficient (Wildman–Crippen LogP) is 1.46. The molecule has 1 aromatic rings. The van der Waals surface area contributed by atoms with Gasteiger partial charge in [0.05, 0.1) is 17.8 Å². The van der Waals surface area contributed by atoms with Crippen LogP contribution in [0, 0.1) is 5.82 Å². The zero-order chi connectivity index (χ0) is 13.7. The lowest BCUT2D eigenvalue weighted by Crippen LogP contribution is -2.32. The summed E-state index contributed by atoms with van der Waals surface area (Å²) in [5.41, 5.74) is -0.214. The van der Waals surface area contributed by atoms with Crippen LogP contribution >= 0.6 is 0 Å². The molecule has 0 fully saturated rings. The average Bonchev–Trinajstić information content (AvgIpc) is 2.29. The summed E-state index contributed by atoms with van der Waals surface area (Å²) in [6, 6.07) is 3.37. The minimum absolute atomic E-state index is 0.0361. The third-order valence-corrected chi connectivity index (χ3v) is 2.16. The molecule has 6 heteroatoms. The topological polar surface area (TPSA) is 78.4 Å². The van der Waals surface area contributed by atoms with E-state index in [1.54, 1.807) is 0 Å². The third kappa shape index (κ3) is 4.14. The fraction of sp³-hybridized carbons (Fsp3) is 0.333. The van der Waals surface area contributed by atoms with Gasteiger partial charge in [0.15, 0.2) is 0 Å². The summed E-state index contributed by atoms with van der Waals surface area (Å²) in [6.07, 6.45) is 0. The first kappa shape index (κ1) is 14.1. The van der Waals surface area contributed by atoms with Crippen molar-refractivity contribution >= 4 is 17.6 Å². The van der Waals surface area contributed by atoms with E-state index >= 15 is 0 Å². The number of aromatic carboxylic acids is 1. The van der Waals surface area contributed by atoms with Crippen molar-refractivity contribution in [3.05, 3.63) is 29.6 Å². The van der Waals surface area contributed by atoms with Gasteiger partial charge in [-0.05, 0) is 18.2 Å². The monoisotopic (exact) mass is 254 g/mol. The van der Waals surface area contributed by atoms with Gasteiger partial charge in [-0.25, -0.2) is 9.18 Å². The SMILES string of the molecule is CC(C)NCC(=O)Nc1cc(C(=O)O)ccc1F. The molecule has 0 unspecified atom stereocenters. The summed E-state index contributed by atoms with van der Waals surface area (Å²) in [4.78, 5) is 22.2. The van der Waals surface area contributed by atoms with E-state index in [0.717, 1.165) is 18.2 Å². The summed E-state index contributed by atoms with van der Waals surface area (Å²) in [5.74, 6) is -2.27. The fourth-order valence-electron chi connectivity index (χ4n) is 1.25. The quantitative estimate of drug-likeness (QED) is 0.743.